The molecule has 1 rings (SSSR count). The van der Waals surface area contributed by atoms with Gasteiger partial charge in [0, 0.05) is 18.1 Å². The Morgan fingerprint density at radius 1 is 1.29 bits per heavy atom. The number of hydrogen-bond acceptors (Lipinski definition) is 4. The van der Waals surface area contributed by atoms with Crippen molar-refractivity contribution in [2.24, 2.45) is 0 Å². The zero-order valence-electron chi connectivity index (χ0n) is 12.9. The molecule has 0 aliphatic heterocycles. The van der Waals surface area contributed by atoms with E-state index in [4.69, 9.17) is 16.3 Å². The topological polar surface area (TPSA) is 58.6 Å². The van der Waals surface area contributed by atoms with E-state index in [0.717, 1.165) is 18.7 Å². The van der Waals surface area contributed by atoms with Crippen LogP contribution in [0.4, 0.5) is 0 Å². The van der Waals surface area contributed by atoms with Gasteiger partial charge in [0.1, 0.15) is 10.6 Å². The molecule has 1 aromatic rings. The molecule has 5 nitrogen and oxygen atoms in total. The second-order valence-corrected chi connectivity index (χ2v) is 6.82. The van der Waals surface area contributed by atoms with Crippen LogP contribution in [0.15, 0.2) is 17.0 Å². The van der Waals surface area contributed by atoms with Crippen LogP contribution in [0.1, 0.15) is 19.4 Å². The average Bonchev–Trinajstić information content (AvgIpc) is 2.45. The molecule has 0 fully saturated rings. The van der Waals surface area contributed by atoms with Crippen molar-refractivity contribution < 1.29 is 13.2 Å². The molecule has 0 aliphatic carbocycles. The Bertz CT molecular complexity index is 572. The van der Waals surface area contributed by atoms with Crippen LogP contribution in [0.2, 0.25) is 5.02 Å². The maximum atomic E-state index is 12.4. The van der Waals surface area contributed by atoms with E-state index in [2.05, 4.69) is 9.62 Å². The normalized spacial score (nSPS) is 11.9. The van der Waals surface area contributed by atoms with Gasteiger partial charge >= 0.3 is 0 Å². The maximum Gasteiger partial charge on any atom is 0.244 e. The largest absolute Gasteiger partial charge is 0.495 e. The molecule has 0 saturated carbocycles. The number of sulfonamides is 1. The minimum atomic E-state index is -3.64. The van der Waals surface area contributed by atoms with Crippen LogP contribution >= 0.6 is 11.6 Å². The summed E-state index contributed by atoms with van der Waals surface area (Å²) in [6.07, 6.45) is 0. The lowest BCUT2D eigenvalue weighted by atomic mass is 10.2. The molecule has 1 aromatic carbocycles. The first-order valence-corrected chi connectivity index (χ1v) is 8.78. The van der Waals surface area contributed by atoms with E-state index >= 15 is 0 Å². The summed E-state index contributed by atoms with van der Waals surface area (Å²) >= 11 is 6.02. The van der Waals surface area contributed by atoms with E-state index in [9.17, 15) is 8.42 Å². The van der Waals surface area contributed by atoms with Crippen molar-refractivity contribution in [3.05, 3.63) is 22.7 Å². The molecule has 1 N–H and O–H groups in total. The molecule has 21 heavy (non-hydrogen) atoms. The molecular weight excluding hydrogens is 312 g/mol. The molecule has 0 atom stereocenters. The van der Waals surface area contributed by atoms with Gasteiger partial charge in [0.15, 0.2) is 0 Å². The predicted octanol–water partition coefficient (Wildman–Crippen LogP) is 2.28. The van der Waals surface area contributed by atoms with Gasteiger partial charge in [-0.3, -0.25) is 0 Å². The molecule has 0 aromatic heterocycles. The number of aryl methyl sites for hydroxylation is 1. The zero-order valence-corrected chi connectivity index (χ0v) is 14.5. The molecule has 0 radical (unpaired) electrons. The monoisotopic (exact) mass is 334 g/mol. The summed E-state index contributed by atoms with van der Waals surface area (Å²) in [4.78, 5) is 2.21. The molecule has 0 aliphatic rings. The summed E-state index contributed by atoms with van der Waals surface area (Å²) in [5.41, 5.74) is 0.774. The smallest absolute Gasteiger partial charge is 0.244 e. The highest BCUT2D eigenvalue weighted by atomic mass is 35.5. The van der Waals surface area contributed by atoms with Crippen molar-refractivity contribution in [2.75, 3.05) is 33.3 Å². The van der Waals surface area contributed by atoms with Crippen molar-refractivity contribution in [1.29, 1.82) is 0 Å². The second kappa shape index (κ2) is 7.98. The third-order valence-corrected chi connectivity index (χ3v) is 5.24. The van der Waals surface area contributed by atoms with E-state index in [1.54, 1.807) is 13.0 Å². The highest BCUT2D eigenvalue weighted by Gasteiger charge is 2.20. The first-order chi connectivity index (χ1) is 9.85. The maximum absolute atomic E-state index is 12.4. The molecule has 7 heteroatoms. The van der Waals surface area contributed by atoms with E-state index in [1.807, 2.05) is 13.8 Å². The fourth-order valence-corrected chi connectivity index (χ4v) is 3.39. The van der Waals surface area contributed by atoms with Crippen LogP contribution in [0.5, 0.6) is 5.75 Å². The van der Waals surface area contributed by atoms with E-state index in [0.29, 0.717) is 23.9 Å². The summed E-state index contributed by atoms with van der Waals surface area (Å²) in [6.45, 7) is 8.67. The Kier molecular flexibility index (Phi) is 6.93. The first-order valence-electron chi connectivity index (χ1n) is 6.91. The van der Waals surface area contributed by atoms with Gasteiger partial charge in [-0.25, -0.2) is 13.1 Å². The van der Waals surface area contributed by atoms with Crippen molar-refractivity contribution in [3.63, 3.8) is 0 Å². The van der Waals surface area contributed by atoms with Crippen LogP contribution < -0.4 is 9.46 Å². The Hall–Kier alpha value is -0.820. The molecule has 0 bridgehead atoms. The van der Waals surface area contributed by atoms with Crippen LogP contribution in [0, 0.1) is 6.92 Å². The van der Waals surface area contributed by atoms with Gasteiger partial charge in [0.2, 0.25) is 10.0 Å². The number of benzene rings is 1. The number of halogens is 1. The van der Waals surface area contributed by atoms with E-state index in [-0.39, 0.29) is 4.90 Å². The Morgan fingerprint density at radius 2 is 1.90 bits per heavy atom. The number of methoxy groups -OCH3 is 1. The number of ether oxygens (including phenoxy) is 1. The number of nitrogens with zero attached hydrogens (tertiary/aromatic N) is 1. The Labute approximate surface area is 132 Å². The standard InChI is InChI=1S/C14H23ClN2O3S/c1-5-17(6-2)8-7-16-21(18,19)14-10-12(15)11(3)9-13(14)20-4/h9-10,16H,5-8H2,1-4H3. The molecule has 0 unspecified atom stereocenters. The van der Waals surface area contributed by atoms with Gasteiger partial charge in [-0.15, -0.1) is 0 Å². The highest BCUT2D eigenvalue weighted by Crippen LogP contribution is 2.29. The molecule has 0 spiro atoms. The predicted molar refractivity (Wildman–Crippen MR) is 85.7 cm³/mol. The summed E-state index contributed by atoms with van der Waals surface area (Å²) in [5.74, 6) is 0.298. The first kappa shape index (κ1) is 18.2. The van der Waals surface area contributed by atoms with Gasteiger partial charge < -0.3 is 9.64 Å². The third kappa shape index (κ3) is 4.85. The Balaban J connectivity index is 2.90. The van der Waals surface area contributed by atoms with Gasteiger partial charge in [-0.2, -0.15) is 0 Å². The van der Waals surface area contributed by atoms with Crippen molar-refractivity contribution in [3.8, 4) is 5.75 Å². The van der Waals surface area contributed by atoms with Crippen LogP contribution in [0.3, 0.4) is 0 Å². The average molecular weight is 335 g/mol. The number of likely N-dealkylation sites (N-methyl/N-ethyl adjacent to an activating group) is 1. The van der Waals surface area contributed by atoms with E-state index in [1.165, 1.54) is 13.2 Å². The van der Waals surface area contributed by atoms with Crippen LogP contribution in [-0.4, -0.2) is 46.6 Å². The molecule has 120 valence electrons. The number of rotatable bonds is 8. The number of nitrogens with one attached hydrogen (secondary N) is 1. The fourth-order valence-electron chi connectivity index (χ4n) is 1.96. The summed E-state index contributed by atoms with van der Waals surface area (Å²) in [5, 5.41) is 0.403. The summed E-state index contributed by atoms with van der Waals surface area (Å²) in [6, 6.07) is 3.05. The van der Waals surface area contributed by atoms with Crippen molar-refractivity contribution >= 4 is 21.6 Å². The highest BCUT2D eigenvalue weighted by molar-refractivity contribution is 7.89. The van der Waals surface area contributed by atoms with Gasteiger partial charge in [-0.05, 0) is 37.7 Å². The minimum absolute atomic E-state index is 0.0696. The molecule has 0 heterocycles. The minimum Gasteiger partial charge on any atom is -0.495 e. The van der Waals surface area contributed by atoms with Gasteiger partial charge in [-0.1, -0.05) is 25.4 Å². The summed E-state index contributed by atoms with van der Waals surface area (Å²) < 4.78 is 32.5. The number of hydrogen-bond donors (Lipinski definition) is 1. The van der Waals surface area contributed by atoms with Gasteiger partial charge in [0.05, 0.1) is 7.11 Å². The quantitative estimate of drug-likeness (QED) is 0.792. The van der Waals surface area contributed by atoms with Crippen LogP contribution in [-0.2, 0) is 10.0 Å². The van der Waals surface area contributed by atoms with Crippen molar-refractivity contribution in [1.82, 2.24) is 9.62 Å². The Morgan fingerprint density at radius 3 is 2.43 bits per heavy atom. The lowest BCUT2D eigenvalue weighted by Gasteiger charge is -2.18. The second-order valence-electron chi connectivity index (χ2n) is 4.68. The SMILES string of the molecule is CCN(CC)CCNS(=O)(=O)c1cc(Cl)c(C)cc1OC. The molecule has 0 saturated heterocycles. The lowest BCUT2D eigenvalue weighted by molar-refractivity contribution is 0.309. The molecule has 0 amide bonds. The van der Waals surface area contributed by atoms with E-state index < -0.39 is 10.0 Å². The van der Waals surface area contributed by atoms with Crippen molar-refractivity contribution in [2.45, 2.75) is 25.7 Å². The zero-order chi connectivity index (χ0) is 16.0. The third-order valence-electron chi connectivity index (χ3n) is 3.35. The lowest BCUT2D eigenvalue weighted by Crippen LogP contribution is -2.34. The summed E-state index contributed by atoms with van der Waals surface area (Å²) in [7, 11) is -2.20. The molecular formula is C14H23ClN2O3S. The fraction of sp³-hybridized carbons (Fsp3) is 0.571. The van der Waals surface area contributed by atoms with Crippen LogP contribution in [0.25, 0.3) is 0 Å². The van der Waals surface area contributed by atoms with Gasteiger partial charge in [0.25, 0.3) is 0 Å².